The topological polar surface area (TPSA) is 75.6 Å². The smallest absolute Gasteiger partial charge is 0.340 e. The summed E-state index contributed by atoms with van der Waals surface area (Å²) in [6, 6.07) is 25.4. The fourth-order valence-corrected chi connectivity index (χ4v) is 2.63. The Balaban J connectivity index is 1.61. The van der Waals surface area contributed by atoms with Crippen LogP contribution in [0.15, 0.2) is 84.9 Å². The van der Waals surface area contributed by atoms with E-state index in [0.29, 0.717) is 11.3 Å². The fraction of sp³-hybridized carbons (Fsp3) is 0.0909. The second kappa shape index (κ2) is 8.78. The summed E-state index contributed by atoms with van der Waals surface area (Å²) in [5.74, 6) is -1.35. The minimum absolute atomic E-state index is 0.414. The highest BCUT2D eigenvalue weighted by atomic mass is 16.5. The lowest BCUT2D eigenvalue weighted by molar-refractivity contribution is -0.156. The highest BCUT2D eigenvalue weighted by molar-refractivity contribution is 5.97. The molecule has 27 heavy (non-hydrogen) atoms. The zero-order valence-corrected chi connectivity index (χ0v) is 14.5. The Bertz CT molecular complexity index is 910. The first-order chi connectivity index (χ1) is 13.1. The van der Waals surface area contributed by atoms with Gasteiger partial charge in [0.05, 0.1) is 0 Å². The number of carbonyl (C=O) groups excluding carboxylic acids is 2. The lowest BCUT2D eigenvalue weighted by Gasteiger charge is -2.13. The standard InChI is InChI=1S/C22H19NO4/c24-20(15-27-22(26)21(25)17-11-5-2-6-12-17)23-19-14-8-7-13-18(19)16-9-3-1-4-10-16/h1-14,21,25H,15H2,(H,23,24)/t21-/m1/s1. The largest absolute Gasteiger partial charge is 0.453 e. The number of hydrogen-bond donors (Lipinski definition) is 2. The molecular formula is C22H19NO4. The van der Waals surface area contributed by atoms with Crippen molar-refractivity contribution in [2.75, 3.05) is 11.9 Å². The minimum Gasteiger partial charge on any atom is -0.453 e. The molecule has 1 atom stereocenters. The molecule has 0 aliphatic heterocycles. The highest BCUT2D eigenvalue weighted by Crippen LogP contribution is 2.27. The maximum Gasteiger partial charge on any atom is 0.340 e. The molecule has 0 saturated heterocycles. The van der Waals surface area contributed by atoms with Gasteiger partial charge in [-0.25, -0.2) is 4.79 Å². The van der Waals surface area contributed by atoms with Gasteiger partial charge in [-0.3, -0.25) is 4.79 Å². The van der Waals surface area contributed by atoms with Gasteiger partial charge in [-0.1, -0.05) is 78.9 Å². The number of ether oxygens (including phenoxy) is 1. The number of para-hydroxylation sites is 1. The van der Waals surface area contributed by atoms with Crippen molar-refractivity contribution in [2.45, 2.75) is 6.10 Å². The Hall–Kier alpha value is -3.44. The molecule has 0 radical (unpaired) electrons. The van der Waals surface area contributed by atoms with Crippen LogP contribution in [0.2, 0.25) is 0 Å². The monoisotopic (exact) mass is 361 g/mol. The fourth-order valence-electron chi connectivity index (χ4n) is 2.63. The SMILES string of the molecule is O=C(COC(=O)[C@H](O)c1ccccc1)Nc1ccccc1-c1ccccc1. The third kappa shape index (κ3) is 4.80. The van der Waals surface area contributed by atoms with Gasteiger partial charge in [0.25, 0.3) is 5.91 Å². The van der Waals surface area contributed by atoms with Gasteiger partial charge in [0.15, 0.2) is 12.7 Å². The van der Waals surface area contributed by atoms with Crippen LogP contribution in [0.5, 0.6) is 0 Å². The summed E-state index contributed by atoms with van der Waals surface area (Å²) >= 11 is 0. The molecule has 0 heterocycles. The summed E-state index contributed by atoms with van der Waals surface area (Å²) < 4.78 is 4.94. The van der Waals surface area contributed by atoms with E-state index < -0.39 is 24.6 Å². The van der Waals surface area contributed by atoms with Crippen molar-refractivity contribution < 1.29 is 19.4 Å². The van der Waals surface area contributed by atoms with Crippen LogP contribution in [0, 0.1) is 0 Å². The molecule has 1 amide bonds. The molecule has 5 heteroatoms. The molecular weight excluding hydrogens is 342 g/mol. The second-order valence-electron chi connectivity index (χ2n) is 5.88. The van der Waals surface area contributed by atoms with E-state index in [1.165, 1.54) is 0 Å². The Labute approximate surface area is 157 Å². The Morgan fingerprint density at radius 1 is 0.852 bits per heavy atom. The zero-order chi connectivity index (χ0) is 19.1. The van der Waals surface area contributed by atoms with Crippen molar-refractivity contribution in [3.63, 3.8) is 0 Å². The van der Waals surface area contributed by atoms with Crippen molar-refractivity contribution in [3.8, 4) is 11.1 Å². The average molecular weight is 361 g/mol. The molecule has 0 spiro atoms. The van der Waals surface area contributed by atoms with Crippen molar-refractivity contribution in [1.82, 2.24) is 0 Å². The van der Waals surface area contributed by atoms with E-state index in [-0.39, 0.29) is 0 Å². The van der Waals surface area contributed by atoms with Crippen LogP contribution in [-0.4, -0.2) is 23.6 Å². The number of anilines is 1. The Morgan fingerprint density at radius 2 is 1.44 bits per heavy atom. The number of nitrogens with one attached hydrogen (secondary N) is 1. The van der Waals surface area contributed by atoms with Crippen LogP contribution in [0.4, 0.5) is 5.69 Å². The third-order valence-electron chi connectivity index (χ3n) is 3.97. The number of amides is 1. The average Bonchev–Trinajstić information content (AvgIpc) is 2.73. The molecule has 0 aliphatic rings. The lowest BCUT2D eigenvalue weighted by Crippen LogP contribution is -2.24. The molecule has 0 aliphatic carbocycles. The normalized spacial score (nSPS) is 11.4. The van der Waals surface area contributed by atoms with Crippen LogP contribution in [0.3, 0.4) is 0 Å². The van der Waals surface area contributed by atoms with Crippen LogP contribution >= 0.6 is 0 Å². The summed E-state index contributed by atoms with van der Waals surface area (Å²) in [5, 5.41) is 12.7. The number of benzene rings is 3. The van der Waals surface area contributed by atoms with Crippen LogP contribution in [0.1, 0.15) is 11.7 Å². The van der Waals surface area contributed by atoms with Gasteiger partial charge in [-0.15, -0.1) is 0 Å². The molecule has 3 aromatic rings. The van der Waals surface area contributed by atoms with E-state index in [2.05, 4.69) is 5.32 Å². The third-order valence-corrected chi connectivity index (χ3v) is 3.97. The molecule has 0 bridgehead atoms. The van der Waals surface area contributed by atoms with Crippen molar-refractivity contribution in [3.05, 3.63) is 90.5 Å². The van der Waals surface area contributed by atoms with Gasteiger partial charge in [0.2, 0.25) is 0 Å². The number of rotatable bonds is 6. The van der Waals surface area contributed by atoms with Crippen LogP contribution in [0.25, 0.3) is 11.1 Å². The predicted molar refractivity (Wildman–Crippen MR) is 103 cm³/mol. The van der Waals surface area contributed by atoms with Gasteiger partial charge in [-0.05, 0) is 17.2 Å². The molecule has 0 aromatic heterocycles. The van der Waals surface area contributed by atoms with Crippen LogP contribution in [-0.2, 0) is 14.3 Å². The zero-order valence-electron chi connectivity index (χ0n) is 14.5. The van der Waals surface area contributed by atoms with Crippen LogP contribution < -0.4 is 5.32 Å². The minimum atomic E-state index is -1.42. The molecule has 5 nitrogen and oxygen atoms in total. The summed E-state index contributed by atoms with van der Waals surface area (Å²) in [5.41, 5.74) is 2.86. The second-order valence-corrected chi connectivity index (χ2v) is 5.88. The summed E-state index contributed by atoms with van der Waals surface area (Å²) in [4.78, 5) is 24.1. The maximum atomic E-state index is 12.2. The van der Waals surface area contributed by atoms with E-state index in [0.717, 1.165) is 11.1 Å². The van der Waals surface area contributed by atoms with Gasteiger partial charge in [-0.2, -0.15) is 0 Å². The highest BCUT2D eigenvalue weighted by Gasteiger charge is 2.20. The Kier molecular flexibility index (Phi) is 5.97. The van der Waals surface area contributed by atoms with Gasteiger partial charge >= 0.3 is 5.97 Å². The lowest BCUT2D eigenvalue weighted by atomic mass is 10.0. The van der Waals surface area contributed by atoms with Crippen molar-refractivity contribution in [2.24, 2.45) is 0 Å². The molecule has 3 aromatic carbocycles. The molecule has 0 unspecified atom stereocenters. The first kappa shape index (κ1) is 18.4. The molecule has 2 N–H and O–H groups in total. The van der Waals surface area contributed by atoms with E-state index >= 15 is 0 Å². The van der Waals surface area contributed by atoms with E-state index in [1.54, 1.807) is 36.4 Å². The first-order valence-electron chi connectivity index (χ1n) is 8.49. The number of hydrogen-bond acceptors (Lipinski definition) is 4. The maximum absolute atomic E-state index is 12.2. The summed E-state index contributed by atoms with van der Waals surface area (Å²) in [6.45, 7) is -0.480. The van der Waals surface area contributed by atoms with E-state index in [1.807, 2.05) is 48.5 Å². The van der Waals surface area contributed by atoms with Gasteiger partial charge in [0, 0.05) is 11.3 Å². The Morgan fingerprint density at radius 3 is 2.15 bits per heavy atom. The molecule has 0 saturated carbocycles. The molecule has 0 fully saturated rings. The predicted octanol–water partition coefficient (Wildman–Crippen LogP) is 3.57. The number of aliphatic hydroxyl groups excluding tert-OH is 1. The molecule has 136 valence electrons. The molecule has 3 rings (SSSR count). The van der Waals surface area contributed by atoms with E-state index in [4.69, 9.17) is 4.74 Å². The number of aliphatic hydroxyl groups is 1. The summed E-state index contributed by atoms with van der Waals surface area (Å²) in [7, 11) is 0. The van der Waals surface area contributed by atoms with E-state index in [9.17, 15) is 14.7 Å². The van der Waals surface area contributed by atoms with Gasteiger partial charge < -0.3 is 15.2 Å². The number of esters is 1. The van der Waals surface area contributed by atoms with Crippen molar-refractivity contribution in [1.29, 1.82) is 0 Å². The number of carbonyl (C=O) groups is 2. The first-order valence-corrected chi connectivity index (χ1v) is 8.49. The van der Waals surface area contributed by atoms with Crippen molar-refractivity contribution >= 4 is 17.6 Å². The van der Waals surface area contributed by atoms with Gasteiger partial charge in [0.1, 0.15) is 0 Å². The summed E-state index contributed by atoms with van der Waals surface area (Å²) in [6.07, 6.45) is -1.42. The quantitative estimate of drug-likeness (QED) is 0.658.